The highest BCUT2D eigenvalue weighted by Gasteiger charge is 2.53. The third kappa shape index (κ3) is 4.58. The molecule has 2 fully saturated rings. The number of carbonyl (C=O) groups is 2. The van der Waals surface area contributed by atoms with Gasteiger partial charge in [-0.25, -0.2) is 0 Å². The molecular formula is C21H24Cl2N4O3. The number of primary amides is 1. The molecule has 7 nitrogen and oxygen atoms in total. The van der Waals surface area contributed by atoms with Gasteiger partial charge in [0.15, 0.2) is 6.29 Å². The Morgan fingerprint density at radius 2 is 2.00 bits per heavy atom. The molecule has 4 N–H and O–H groups in total. The number of allylic oxidation sites excluding steroid dienone is 1. The van der Waals surface area contributed by atoms with Gasteiger partial charge in [-0.15, -0.1) is 0 Å². The zero-order valence-electron chi connectivity index (χ0n) is 16.4. The van der Waals surface area contributed by atoms with Gasteiger partial charge < -0.3 is 26.2 Å². The van der Waals surface area contributed by atoms with Crippen LogP contribution in [0, 0.1) is 16.2 Å². The Labute approximate surface area is 185 Å². The zero-order chi connectivity index (χ0) is 21.9. The van der Waals surface area contributed by atoms with Crippen LogP contribution in [0.15, 0.2) is 22.7 Å². The molecule has 2 aliphatic rings. The predicted molar refractivity (Wildman–Crippen MR) is 117 cm³/mol. The lowest BCUT2D eigenvalue weighted by Gasteiger charge is -2.58. The summed E-state index contributed by atoms with van der Waals surface area (Å²) in [5.41, 5.74) is 6.59. The third-order valence-corrected chi connectivity index (χ3v) is 6.54. The smallest absolute Gasteiger partial charge is 0.260 e. The van der Waals surface area contributed by atoms with Gasteiger partial charge in [0.1, 0.15) is 10.8 Å². The Balaban J connectivity index is 1.45. The van der Waals surface area contributed by atoms with Crippen molar-refractivity contribution < 1.29 is 14.3 Å². The molecule has 0 atom stereocenters. The van der Waals surface area contributed by atoms with Crippen molar-refractivity contribution in [2.75, 3.05) is 19.6 Å². The SMILES string of the molecule is N=C/C(CCCN1CC2(CC(Oc3ccc(Cl)c(C=O)c3C=N)C2)C1)=C(/Cl)C(N)=O. The number of hydrogen-bond donors (Lipinski definition) is 3. The molecule has 0 aromatic heterocycles. The molecule has 1 spiro atoms. The molecule has 0 radical (unpaired) electrons. The fourth-order valence-corrected chi connectivity index (χ4v) is 4.70. The summed E-state index contributed by atoms with van der Waals surface area (Å²) in [7, 11) is 0. The second kappa shape index (κ2) is 9.29. The van der Waals surface area contributed by atoms with E-state index in [2.05, 4.69) is 4.90 Å². The largest absolute Gasteiger partial charge is 0.490 e. The van der Waals surface area contributed by atoms with Crippen LogP contribution in [0.4, 0.5) is 0 Å². The summed E-state index contributed by atoms with van der Waals surface area (Å²) in [6, 6.07) is 3.33. The summed E-state index contributed by atoms with van der Waals surface area (Å²) in [6.45, 7) is 2.83. The molecule has 30 heavy (non-hydrogen) atoms. The van der Waals surface area contributed by atoms with Gasteiger partial charge in [0, 0.05) is 42.1 Å². The van der Waals surface area contributed by atoms with Crippen molar-refractivity contribution in [3.63, 3.8) is 0 Å². The van der Waals surface area contributed by atoms with Crippen LogP contribution in [0.1, 0.15) is 41.6 Å². The van der Waals surface area contributed by atoms with E-state index in [-0.39, 0.29) is 22.1 Å². The molecule has 3 rings (SSSR count). The monoisotopic (exact) mass is 450 g/mol. The van der Waals surface area contributed by atoms with Gasteiger partial charge in [-0.1, -0.05) is 23.2 Å². The molecule has 1 aliphatic heterocycles. The van der Waals surface area contributed by atoms with E-state index in [9.17, 15) is 9.59 Å². The van der Waals surface area contributed by atoms with Gasteiger partial charge in [-0.2, -0.15) is 0 Å². The highest BCUT2D eigenvalue weighted by atomic mass is 35.5. The van der Waals surface area contributed by atoms with Crippen LogP contribution < -0.4 is 10.5 Å². The number of amides is 1. The average Bonchev–Trinajstić information content (AvgIpc) is 2.67. The van der Waals surface area contributed by atoms with E-state index in [0.29, 0.717) is 34.6 Å². The maximum atomic E-state index is 11.2. The maximum Gasteiger partial charge on any atom is 0.260 e. The second-order valence-electron chi connectivity index (χ2n) is 7.95. The van der Waals surface area contributed by atoms with Gasteiger partial charge in [0.25, 0.3) is 5.91 Å². The number of nitrogens with zero attached hydrogens (tertiary/aromatic N) is 1. The number of nitrogens with one attached hydrogen (secondary N) is 2. The highest BCUT2D eigenvalue weighted by Crippen LogP contribution is 2.50. The van der Waals surface area contributed by atoms with Crippen molar-refractivity contribution in [3.05, 3.63) is 38.9 Å². The third-order valence-electron chi connectivity index (χ3n) is 5.78. The van der Waals surface area contributed by atoms with Crippen LogP contribution >= 0.6 is 23.2 Å². The van der Waals surface area contributed by atoms with Crippen molar-refractivity contribution in [1.29, 1.82) is 10.8 Å². The number of aldehydes is 1. The molecule has 1 heterocycles. The summed E-state index contributed by atoms with van der Waals surface area (Å²) < 4.78 is 6.04. The first-order valence-electron chi connectivity index (χ1n) is 9.68. The van der Waals surface area contributed by atoms with E-state index in [1.165, 1.54) is 0 Å². The van der Waals surface area contributed by atoms with Gasteiger partial charge in [0.05, 0.1) is 11.1 Å². The number of benzene rings is 1. The molecule has 0 unspecified atom stereocenters. The van der Waals surface area contributed by atoms with E-state index >= 15 is 0 Å². The van der Waals surface area contributed by atoms with E-state index in [4.69, 9.17) is 44.5 Å². The second-order valence-corrected chi connectivity index (χ2v) is 8.73. The van der Waals surface area contributed by atoms with Crippen LogP contribution in [0.2, 0.25) is 5.02 Å². The summed E-state index contributed by atoms with van der Waals surface area (Å²) in [5.74, 6) is -0.185. The van der Waals surface area contributed by atoms with Crippen molar-refractivity contribution in [1.82, 2.24) is 4.90 Å². The van der Waals surface area contributed by atoms with Gasteiger partial charge in [0.2, 0.25) is 0 Å². The zero-order valence-corrected chi connectivity index (χ0v) is 17.9. The molecule has 1 aromatic carbocycles. The first kappa shape index (κ1) is 22.5. The Morgan fingerprint density at radius 1 is 1.30 bits per heavy atom. The first-order valence-corrected chi connectivity index (χ1v) is 10.4. The Hall–Kier alpha value is -2.22. The number of rotatable bonds is 10. The standard InChI is InChI=1S/C21H24Cl2N4O3/c22-17-3-4-18(15(9-25)16(17)10-28)30-14-6-21(7-14)11-27(12-21)5-1-2-13(8-24)19(23)20(26)29/h3-4,8-10,14,24-25H,1-2,5-7,11-12H2,(H2,26,29)/b19-13+,24-8?,25-9?. The molecule has 160 valence electrons. The quantitative estimate of drug-likeness (QED) is 0.287. The fraction of sp³-hybridized carbons (Fsp3) is 0.429. The van der Waals surface area contributed by atoms with Crippen molar-refractivity contribution in [2.45, 2.75) is 31.8 Å². The van der Waals surface area contributed by atoms with Crippen molar-refractivity contribution in [3.8, 4) is 5.75 Å². The van der Waals surface area contributed by atoms with Crippen LogP contribution in [0.25, 0.3) is 0 Å². The van der Waals surface area contributed by atoms with E-state index in [0.717, 1.165) is 51.3 Å². The molecule has 0 bridgehead atoms. The lowest BCUT2D eigenvalue weighted by molar-refractivity contribution is -0.119. The Morgan fingerprint density at radius 3 is 2.57 bits per heavy atom. The number of ether oxygens (including phenoxy) is 1. The fourth-order valence-electron chi connectivity index (χ4n) is 4.35. The Bertz CT molecular complexity index is 902. The van der Waals surface area contributed by atoms with Gasteiger partial charge in [-0.05, 0) is 49.9 Å². The highest BCUT2D eigenvalue weighted by molar-refractivity contribution is 6.43. The number of halogens is 2. The molecular weight excluding hydrogens is 427 g/mol. The minimum atomic E-state index is -0.703. The summed E-state index contributed by atoms with van der Waals surface area (Å²) >= 11 is 11.9. The van der Waals surface area contributed by atoms with Gasteiger partial charge in [-0.3, -0.25) is 9.59 Å². The van der Waals surface area contributed by atoms with Crippen LogP contribution in [0.5, 0.6) is 5.75 Å². The number of hydrogen-bond acceptors (Lipinski definition) is 6. The van der Waals surface area contributed by atoms with E-state index in [1.54, 1.807) is 12.1 Å². The number of nitrogens with two attached hydrogens (primary N) is 1. The summed E-state index contributed by atoms with van der Waals surface area (Å²) in [6.07, 6.45) is 6.11. The lowest BCUT2D eigenvalue weighted by atomic mass is 9.61. The lowest BCUT2D eigenvalue weighted by Crippen LogP contribution is -2.64. The van der Waals surface area contributed by atoms with Gasteiger partial charge >= 0.3 is 0 Å². The topological polar surface area (TPSA) is 120 Å². The minimum absolute atomic E-state index is 0.0618. The molecule has 1 amide bonds. The van der Waals surface area contributed by atoms with Crippen LogP contribution in [0.3, 0.4) is 0 Å². The average molecular weight is 451 g/mol. The van der Waals surface area contributed by atoms with E-state index < -0.39 is 5.91 Å². The molecule has 1 aliphatic carbocycles. The maximum absolute atomic E-state index is 11.2. The number of carbonyl (C=O) groups excluding carboxylic acids is 2. The summed E-state index contributed by atoms with van der Waals surface area (Å²) in [4.78, 5) is 24.7. The van der Waals surface area contributed by atoms with E-state index in [1.807, 2.05) is 0 Å². The minimum Gasteiger partial charge on any atom is -0.490 e. The van der Waals surface area contributed by atoms with Crippen LogP contribution in [-0.2, 0) is 4.79 Å². The summed E-state index contributed by atoms with van der Waals surface area (Å²) in [5, 5.41) is 15.2. The first-order chi connectivity index (χ1) is 14.3. The Kier molecular flexibility index (Phi) is 6.95. The molecule has 1 saturated heterocycles. The van der Waals surface area contributed by atoms with Crippen LogP contribution in [-0.4, -0.2) is 55.3 Å². The predicted octanol–water partition coefficient (Wildman–Crippen LogP) is 3.40. The normalized spacial score (nSPS) is 18.7. The molecule has 9 heteroatoms. The molecule has 1 saturated carbocycles. The van der Waals surface area contributed by atoms with Crippen molar-refractivity contribution in [2.24, 2.45) is 11.1 Å². The number of likely N-dealkylation sites (tertiary alicyclic amines) is 1. The van der Waals surface area contributed by atoms with Crippen molar-refractivity contribution >= 4 is 47.8 Å². The molecule has 1 aromatic rings.